The van der Waals surface area contributed by atoms with Gasteiger partial charge in [-0.3, -0.25) is 0 Å². The fourth-order valence-electron chi connectivity index (χ4n) is 2.43. The number of hydrogen-bond acceptors (Lipinski definition) is 3. The summed E-state index contributed by atoms with van der Waals surface area (Å²) in [5.41, 5.74) is -0.428. The van der Waals surface area contributed by atoms with Crippen molar-refractivity contribution in [2.24, 2.45) is 11.8 Å². The van der Waals surface area contributed by atoms with E-state index in [9.17, 15) is 4.79 Å². The van der Waals surface area contributed by atoms with Crippen LogP contribution in [0.5, 0.6) is 0 Å². The minimum atomic E-state index is -0.428. The number of nitrogens with zero attached hydrogens (tertiary/aromatic N) is 1. The van der Waals surface area contributed by atoms with Crippen LogP contribution in [0.25, 0.3) is 0 Å². The van der Waals surface area contributed by atoms with Gasteiger partial charge in [0, 0.05) is 19.1 Å². The van der Waals surface area contributed by atoms with Gasteiger partial charge < -0.3 is 15.0 Å². The molecule has 0 aromatic heterocycles. The van der Waals surface area contributed by atoms with Crippen molar-refractivity contribution in [3.8, 4) is 0 Å². The van der Waals surface area contributed by atoms with E-state index in [2.05, 4.69) is 31.1 Å². The predicted octanol–water partition coefficient (Wildman–Crippen LogP) is 2.49. The largest absolute Gasteiger partial charge is 0.444 e. The Hall–Kier alpha value is -0.770. The van der Waals surface area contributed by atoms with E-state index < -0.39 is 5.60 Å². The van der Waals surface area contributed by atoms with Crippen LogP contribution in [0.15, 0.2) is 0 Å². The average molecular weight is 256 g/mol. The molecule has 1 aliphatic rings. The van der Waals surface area contributed by atoms with Crippen molar-refractivity contribution in [2.45, 2.75) is 52.7 Å². The molecule has 4 heteroatoms. The van der Waals surface area contributed by atoms with Crippen LogP contribution in [-0.4, -0.2) is 42.8 Å². The van der Waals surface area contributed by atoms with Crippen LogP contribution < -0.4 is 5.32 Å². The SMILES string of the molecule is CC(C)C1CC(NC(=O)OC(C)(C)C)CN(C)C1. The summed E-state index contributed by atoms with van der Waals surface area (Å²) in [6, 6.07) is 0.200. The van der Waals surface area contributed by atoms with Gasteiger partial charge in [-0.25, -0.2) is 4.79 Å². The second-order valence-corrected chi connectivity index (χ2v) is 6.80. The third-order valence-corrected chi connectivity index (χ3v) is 3.33. The molecule has 1 amide bonds. The van der Waals surface area contributed by atoms with Gasteiger partial charge in [0.15, 0.2) is 0 Å². The molecule has 2 atom stereocenters. The van der Waals surface area contributed by atoms with E-state index in [0.29, 0.717) is 11.8 Å². The molecule has 0 aliphatic carbocycles. The van der Waals surface area contributed by atoms with Gasteiger partial charge in [-0.05, 0) is 46.1 Å². The number of hydrogen-bond donors (Lipinski definition) is 1. The Bertz CT molecular complexity index is 284. The van der Waals surface area contributed by atoms with Crippen molar-refractivity contribution in [1.82, 2.24) is 10.2 Å². The summed E-state index contributed by atoms with van der Waals surface area (Å²) >= 11 is 0. The zero-order chi connectivity index (χ0) is 13.9. The zero-order valence-electron chi connectivity index (χ0n) is 12.6. The van der Waals surface area contributed by atoms with Crippen LogP contribution in [0, 0.1) is 11.8 Å². The van der Waals surface area contributed by atoms with Gasteiger partial charge >= 0.3 is 6.09 Å². The van der Waals surface area contributed by atoms with Crippen LogP contribution in [0.4, 0.5) is 4.79 Å². The number of carbonyl (C=O) groups is 1. The summed E-state index contributed by atoms with van der Waals surface area (Å²) in [5, 5.41) is 2.99. The summed E-state index contributed by atoms with van der Waals surface area (Å²) < 4.78 is 5.30. The first kappa shape index (κ1) is 15.3. The molecule has 2 unspecified atom stereocenters. The van der Waals surface area contributed by atoms with E-state index in [0.717, 1.165) is 19.5 Å². The molecule has 0 bridgehead atoms. The standard InChI is InChI=1S/C14H28N2O2/c1-10(2)11-7-12(9-16(6)8-11)15-13(17)18-14(3,4)5/h10-12H,7-9H2,1-6H3,(H,15,17). The lowest BCUT2D eigenvalue weighted by atomic mass is 9.86. The number of ether oxygens (including phenoxy) is 1. The predicted molar refractivity (Wildman–Crippen MR) is 73.6 cm³/mol. The lowest BCUT2D eigenvalue weighted by Gasteiger charge is -2.38. The van der Waals surface area contributed by atoms with Gasteiger partial charge in [-0.1, -0.05) is 13.8 Å². The highest BCUT2D eigenvalue weighted by atomic mass is 16.6. The van der Waals surface area contributed by atoms with Crippen LogP contribution in [0.2, 0.25) is 0 Å². The number of carbonyl (C=O) groups excluding carboxylic acids is 1. The normalized spacial score (nSPS) is 26.2. The molecule has 106 valence electrons. The van der Waals surface area contributed by atoms with Crippen molar-refractivity contribution in [2.75, 3.05) is 20.1 Å². The van der Waals surface area contributed by atoms with Crippen LogP contribution >= 0.6 is 0 Å². The second-order valence-electron chi connectivity index (χ2n) is 6.80. The maximum absolute atomic E-state index is 11.8. The van der Waals surface area contributed by atoms with Gasteiger partial charge in [0.2, 0.25) is 0 Å². The lowest BCUT2D eigenvalue weighted by molar-refractivity contribution is 0.0447. The first-order valence-corrected chi connectivity index (χ1v) is 6.85. The minimum absolute atomic E-state index is 0.200. The Kier molecular flexibility index (Phi) is 5.02. The van der Waals surface area contributed by atoms with Crippen molar-refractivity contribution in [3.63, 3.8) is 0 Å². The van der Waals surface area contributed by atoms with E-state index in [1.807, 2.05) is 20.8 Å². The first-order chi connectivity index (χ1) is 8.17. The molecule has 18 heavy (non-hydrogen) atoms. The number of piperidine rings is 1. The topological polar surface area (TPSA) is 41.6 Å². The summed E-state index contributed by atoms with van der Waals surface area (Å²) in [6.07, 6.45) is 0.742. The number of nitrogens with one attached hydrogen (secondary N) is 1. The van der Waals surface area contributed by atoms with E-state index in [1.54, 1.807) is 0 Å². The van der Waals surface area contributed by atoms with E-state index in [1.165, 1.54) is 0 Å². The molecular weight excluding hydrogens is 228 g/mol. The van der Waals surface area contributed by atoms with E-state index in [-0.39, 0.29) is 12.1 Å². The molecule has 1 saturated heterocycles. The molecule has 4 nitrogen and oxygen atoms in total. The van der Waals surface area contributed by atoms with Crippen LogP contribution in [0.1, 0.15) is 41.0 Å². The molecule has 1 rings (SSSR count). The monoisotopic (exact) mass is 256 g/mol. The molecule has 1 heterocycles. The first-order valence-electron chi connectivity index (χ1n) is 6.85. The Morgan fingerprint density at radius 3 is 2.44 bits per heavy atom. The number of likely N-dealkylation sites (N-methyl/N-ethyl adjacent to an activating group) is 1. The molecular formula is C14H28N2O2. The molecule has 0 aromatic carbocycles. The van der Waals surface area contributed by atoms with Gasteiger partial charge in [0.25, 0.3) is 0 Å². The fraction of sp³-hybridized carbons (Fsp3) is 0.929. The number of rotatable bonds is 2. The van der Waals surface area contributed by atoms with Crippen molar-refractivity contribution < 1.29 is 9.53 Å². The Balaban J connectivity index is 2.48. The summed E-state index contributed by atoms with van der Waals surface area (Å²) in [4.78, 5) is 14.0. The van der Waals surface area contributed by atoms with Crippen molar-refractivity contribution in [1.29, 1.82) is 0 Å². The Labute approximate surface area is 111 Å². The van der Waals surface area contributed by atoms with Gasteiger partial charge in [-0.2, -0.15) is 0 Å². The summed E-state index contributed by atoms with van der Waals surface area (Å²) in [5.74, 6) is 1.29. The molecule has 0 saturated carbocycles. The number of alkyl carbamates (subject to hydrolysis) is 1. The lowest BCUT2D eigenvalue weighted by Crippen LogP contribution is -2.51. The smallest absolute Gasteiger partial charge is 0.407 e. The van der Waals surface area contributed by atoms with Crippen LogP contribution in [-0.2, 0) is 4.74 Å². The van der Waals surface area contributed by atoms with Crippen LogP contribution in [0.3, 0.4) is 0 Å². The highest BCUT2D eigenvalue weighted by molar-refractivity contribution is 5.68. The van der Waals surface area contributed by atoms with Crippen molar-refractivity contribution >= 4 is 6.09 Å². The molecule has 1 N–H and O–H groups in total. The van der Waals surface area contributed by atoms with E-state index in [4.69, 9.17) is 4.74 Å². The summed E-state index contributed by atoms with van der Waals surface area (Å²) in [6.45, 7) is 12.2. The minimum Gasteiger partial charge on any atom is -0.444 e. The third kappa shape index (κ3) is 5.25. The fourth-order valence-corrected chi connectivity index (χ4v) is 2.43. The maximum Gasteiger partial charge on any atom is 0.407 e. The quantitative estimate of drug-likeness (QED) is 0.825. The van der Waals surface area contributed by atoms with Gasteiger partial charge in [0.05, 0.1) is 0 Å². The molecule has 0 spiro atoms. The Morgan fingerprint density at radius 1 is 1.33 bits per heavy atom. The van der Waals surface area contributed by atoms with Crippen molar-refractivity contribution in [3.05, 3.63) is 0 Å². The molecule has 0 aromatic rings. The highest BCUT2D eigenvalue weighted by Gasteiger charge is 2.29. The highest BCUT2D eigenvalue weighted by Crippen LogP contribution is 2.23. The summed E-state index contributed by atoms with van der Waals surface area (Å²) in [7, 11) is 2.11. The van der Waals surface area contributed by atoms with Gasteiger partial charge in [0.1, 0.15) is 5.60 Å². The van der Waals surface area contributed by atoms with E-state index >= 15 is 0 Å². The number of amides is 1. The number of likely N-dealkylation sites (tertiary alicyclic amines) is 1. The molecule has 1 fully saturated rings. The average Bonchev–Trinajstić information content (AvgIpc) is 2.12. The third-order valence-electron chi connectivity index (χ3n) is 3.33. The van der Waals surface area contributed by atoms with Gasteiger partial charge in [-0.15, -0.1) is 0 Å². The zero-order valence-corrected chi connectivity index (χ0v) is 12.6. The molecule has 0 radical (unpaired) electrons. The maximum atomic E-state index is 11.8. The Morgan fingerprint density at radius 2 is 1.94 bits per heavy atom. The molecule has 1 aliphatic heterocycles. The second kappa shape index (κ2) is 5.91.